The molecule has 0 aromatic carbocycles. The van der Waals surface area contributed by atoms with Crippen LogP contribution in [0.2, 0.25) is 0 Å². The molecular weight excluding hydrogens is 262 g/mol. The predicted molar refractivity (Wildman–Crippen MR) is 87.9 cm³/mol. The number of anilines is 1. The van der Waals surface area contributed by atoms with E-state index >= 15 is 0 Å². The third-order valence-electron chi connectivity index (χ3n) is 4.14. The van der Waals surface area contributed by atoms with E-state index in [0.29, 0.717) is 6.10 Å². The lowest BCUT2D eigenvalue weighted by Crippen LogP contribution is -2.37. The molecular formula is C17H29N3O. The van der Waals surface area contributed by atoms with Gasteiger partial charge in [-0.25, -0.2) is 4.98 Å². The van der Waals surface area contributed by atoms with Gasteiger partial charge >= 0.3 is 0 Å². The Bertz CT molecular complexity index is 428. The van der Waals surface area contributed by atoms with Crippen LogP contribution in [-0.4, -0.2) is 37.8 Å². The van der Waals surface area contributed by atoms with Gasteiger partial charge in [0.25, 0.3) is 0 Å². The highest BCUT2D eigenvalue weighted by Gasteiger charge is 2.20. The van der Waals surface area contributed by atoms with E-state index in [9.17, 15) is 0 Å². The van der Waals surface area contributed by atoms with E-state index in [1.165, 1.54) is 17.7 Å². The summed E-state index contributed by atoms with van der Waals surface area (Å²) in [6.45, 7) is 8.46. The van der Waals surface area contributed by atoms with Crippen LogP contribution in [-0.2, 0) is 17.7 Å². The lowest BCUT2D eigenvalue weighted by atomic mass is 10.1. The normalized spacial score (nSPS) is 16.4. The molecule has 0 radical (unpaired) electrons. The summed E-state index contributed by atoms with van der Waals surface area (Å²) in [5.74, 6) is 1.14. The number of methoxy groups -OCH3 is 1. The lowest BCUT2D eigenvalue weighted by Gasteiger charge is -2.32. The van der Waals surface area contributed by atoms with Gasteiger partial charge in [0.15, 0.2) is 0 Å². The van der Waals surface area contributed by atoms with Crippen molar-refractivity contribution in [2.24, 2.45) is 0 Å². The molecule has 1 aromatic heterocycles. The minimum atomic E-state index is 0.418. The van der Waals surface area contributed by atoms with Crippen LogP contribution in [0, 0.1) is 0 Å². The molecule has 0 atom stereocenters. The second-order valence-electron chi connectivity index (χ2n) is 5.78. The van der Waals surface area contributed by atoms with Crippen molar-refractivity contribution in [2.75, 3.05) is 31.6 Å². The first-order valence-electron chi connectivity index (χ1n) is 8.25. The summed E-state index contributed by atoms with van der Waals surface area (Å²) in [5.41, 5.74) is 2.54. The molecule has 0 aliphatic carbocycles. The fraction of sp³-hybridized carbons (Fsp3) is 0.706. The lowest BCUT2D eigenvalue weighted by molar-refractivity contribution is 0.0818. The van der Waals surface area contributed by atoms with Gasteiger partial charge in [-0.2, -0.15) is 0 Å². The molecule has 21 heavy (non-hydrogen) atoms. The molecule has 0 bridgehead atoms. The molecule has 2 heterocycles. The predicted octanol–water partition coefficient (Wildman–Crippen LogP) is 2.76. The molecule has 118 valence electrons. The topological polar surface area (TPSA) is 37.4 Å². The summed E-state index contributed by atoms with van der Waals surface area (Å²) in [5, 5.41) is 3.48. The SMILES string of the molecule is CCCNCc1cc(CC)nc(N2CCC(OC)CC2)c1. The van der Waals surface area contributed by atoms with Crippen molar-refractivity contribution in [1.29, 1.82) is 0 Å². The standard InChI is InChI=1S/C17H29N3O/c1-4-8-18-13-14-11-15(5-2)19-17(12-14)20-9-6-16(21-3)7-10-20/h11-12,16,18H,4-10,13H2,1-3H3. The summed E-state index contributed by atoms with van der Waals surface area (Å²) in [4.78, 5) is 7.21. The molecule has 0 unspecified atom stereocenters. The van der Waals surface area contributed by atoms with Crippen molar-refractivity contribution in [3.05, 3.63) is 23.4 Å². The molecule has 2 rings (SSSR count). The van der Waals surface area contributed by atoms with Crippen molar-refractivity contribution >= 4 is 5.82 Å². The first kappa shape index (κ1) is 16.2. The number of aryl methyl sites for hydroxylation is 1. The van der Waals surface area contributed by atoms with Crippen LogP contribution < -0.4 is 10.2 Å². The molecule has 1 aliphatic heterocycles. The molecule has 4 heteroatoms. The van der Waals surface area contributed by atoms with E-state index in [4.69, 9.17) is 9.72 Å². The Labute approximate surface area is 128 Å². The van der Waals surface area contributed by atoms with Crippen LogP contribution in [0.1, 0.15) is 44.4 Å². The maximum atomic E-state index is 5.45. The van der Waals surface area contributed by atoms with Crippen LogP contribution in [0.15, 0.2) is 12.1 Å². The Kier molecular flexibility index (Phi) is 6.46. The van der Waals surface area contributed by atoms with Gasteiger partial charge in [-0.3, -0.25) is 0 Å². The first-order valence-corrected chi connectivity index (χ1v) is 8.25. The molecule has 1 saturated heterocycles. The number of piperidine rings is 1. The number of rotatable bonds is 7. The number of pyridine rings is 1. The van der Waals surface area contributed by atoms with E-state index in [1.807, 2.05) is 7.11 Å². The van der Waals surface area contributed by atoms with Crippen LogP contribution >= 0.6 is 0 Å². The van der Waals surface area contributed by atoms with E-state index < -0.39 is 0 Å². The Morgan fingerprint density at radius 1 is 1.29 bits per heavy atom. The van der Waals surface area contributed by atoms with Crippen molar-refractivity contribution in [3.8, 4) is 0 Å². The Morgan fingerprint density at radius 3 is 2.67 bits per heavy atom. The van der Waals surface area contributed by atoms with Gasteiger partial charge in [0.1, 0.15) is 5.82 Å². The highest BCUT2D eigenvalue weighted by molar-refractivity contribution is 5.43. The average molecular weight is 291 g/mol. The number of hydrogen-bond donors (Lipinski definition) is 1. The maximum Gasteiger partial charge on any atom is 0.129 e. The molecule has 1 aliphatic rings. The van der Waals surface area contributed by atoms with Crippen LogP contribution in [0.3, 0.4) is 0 Å². The summed E-state index contributed by atoms with van der Waals surface area (Å²) in [6, 6.07) is 4.48. The molecule has 4 nitrogen and oxygen atoms in total. The highest BCUT2D eigenvalue weighted by Crippen LogP contribution is 2.21. The van der Waals surface area contributed by atoms with Gasteiger partial charge in [0, 0.05) is 32.4 Å². The molecule has 1 N–H and O–H groups in total. The van der Waals surface area contributed by atoms with Crippen molar-refractivity contribution < 1.29 is 4.74 Å². The zero-order chi connectivity index (χ0) is 15.1. The molecule has 1 fully saturated rings. The largest absolute Gasteiger partial charge is 0.381 e. The molecule has 0 saturated carbocycles. The summed E-state index contributed by atoms with van der Waals surface area (Å²) >= 11 is 0. The van der Waals surface area contributed by atoms with Gasteiger partial charge in [-0.15, -0.1) is 0 Å². The Morgan fingerprint density at radius 2 is 2.05 bits per heavy atom. The number of aromatic nitrogens is 1. The van der Waals surface area contributed by atoms with Crippen molar-refractivity contribution in [2.45, 2.75) is 52.2 Å². The number of nitrogens with one attached hydrogen (secondary N) is 1. The summed E-state index contributed by atoms with van der Waals surface area (Å²) in [7, 11) is 1.81. The summed E-state index contributed by atoms with van der Waals surface area (Å²) in [6.07, 6.45) is 4.77. The third kappa shape index (κ3) is 4.68. The number of ether oxygens (including phenoxy) is 1. The van der Waals surface area contributed by atoms with E-state index in [1.54, 1.807) is 0 Å². The maximum absolute atomic E-state index is 5.45. The van der Waals surface area contributed by atoms with Gasteiger partial charge in [-0.1, -0.05) is 13.8 Å². The second kappa shape index (κ2) is 8.35. The molecule has 1 aromatic rings. The Balaban J connectivity index is 2.05. The van der Waals surface area contributed by atoms with Crippen LogP contribution in [0.4, 0.5) is 5.82 Å². The van der Waals surface area contributed by atoms with E-state index in [2.05, 4.69) is 36.2 Å². The zero-order valence-corrected chi connectivity index (χ0v) is 13.7. The second-order valence-corrected chi connectivity index (χ2v) is 5.78. The fourth-order valence-electron chi connectivity index (χ4n) is 2.81. The molecule has 0 amide bonds. The fourth-order valence-corrected chi connectivity index (χ4v) is 2.81. The highest BCUT2D eigenvalue weighted by atomic mass is 16.5. The van der Waals surface area contributed by atoms with Crippen molar-refractivity contribution in [3.63, 3.8) is 0 Å². The average Bonchev–Trinajstić information content (AvgIpc) is 2.55. The smallest absolute Gasteiger partial charge is 0.129 e. The number of nitrogens with zero attached hydrogens (tertiary/aromatic N) is 2. The van der Waals surface area contributed by atoms with Gasteiger partial charge in [0.2, 0.25) is 0 Å². The molecule has 0 spiro atoms. The minimum Gasteiger partial charge on any atom is -0.381 e. The van der Waals surface area contributed by atoms with Crippen LogP contribution in [0.25, 0.3) is 0 Å². The quantitative estimate of drug-likeness (QED) is 0.784. The first-order chi connectivity index (χ1) is 10.3. The minimum absolute atomic E-state index is 0.418. The summed E-state index contributed by atoms with van der Waals surface area (Å²) < 4.78 is 5.45. The Hall–Kier alpha value is -1.13. The van der Waals surface area contributed by atoms with Crippen molar-refractivity contribution in [1.82, 2.24) is 10.3 Å². The van der Waals surface area contributed by atoms with E-state index in [0.717, 1.165) is 51.3 Å². The van der Waals surface area contributed by atoms with Gasteiger partial charge < -0.3 is 15.0 Å². The van der Waals surface area contributed by atoms with Crippen LogP contribution in [0.5, 0.6) is 0 Å². The van der Waals surface area contributed by atoms with E-state index in [-0.39, 0.29) is 0 Å². The number of hydrogen-bond acceptors (Lipinski definition) is 4. The van der Waals surface area contributed by atoms with Gasteiger partial charge in [0.05, 0.1) is 6.10 Å². The third-order valence-corrected chi connectivity index (χ3v) is 4.14. The van der Waals surface area contributed by atoms with Gasteiger partial charge in [-0.05, 0) is 49.9 Å². The zero-order valence-electron chi connectivity index (χ0n) is 13.7. The monoisotopic (exact) mass is 291 g/mol.